The molecule has 0 aliphatic carbocycles. The summed E-state index contributed by atoms with van der Waals surface area (Å²) in [5.74, 6) is 0.265. The van der Waals surface area contributed by atoms with E-state index in [1.807, 2.05) is 35.9 Å². The molecule has 0 saturated heterocycles. The van der Waals surface area contributed by atoms with Crippen molar-refractivity contribution in [3.8, 4) is 11.4 Å². The predicted octanol–water partition coefficient (Wildman–Crippen LogP) is 2.07. The lowest BCUT2D eigenvalue weighted by atomic mass is 10.2. The molecule has 0 bridgehead atoms. The van der Waals surface area contributed by atoms with Gasteiger partial charge in [0, 0.05) is 17.6 Å². The molecule has 1 aromatic carbocycles. The second kappa shape index (κ2) is 3.10. The maximum atomic E-state index is 9.21. The van der Waals surface area contributed by atoms with E-state index in [0.29, 0.717) is 0 Å². The lowest BCUT2D eigenvalue weighted by Crippen LogP contribution is -1.94. The largest absolute Gasteiger partial charge is 0.506 e. The molecule has 0 spiro atoms. The Morgan fingerprint density at radius 1 is 1.29 bits per heavy atom. The molecule has 1 aromatic heterocycles. The molecule has 0 aliphatic heterocycles. The molecule has 1 heterocycles. The Bertz CT molecular complexity index is 460. The number of nitrogens with two attached hydrogens (primary N) is 1. The molecule has 2 rings (SSSR count). The maximum absolute atomic E-state index is 9.21. The zero-order valence-corrected chi connectivity index (χ0v) is 7.94. The third-order valence-electron chi connectivity index (χ3n) is 2.18. The minimum Gasteiger partial charge on any atom is -0.506 e. The fourth-order valence-corrected chi connectivity index (χ4v) is 1.50. The second-order valence-electron chi connectivity index (χ2n) is 3.32. The van der Waals surface area contributed by atoms with Crippen molar-refractivity contribution in [1.82, 2.24) is 4.57 Å². The van der Waals surface area contributed by atoms with Crippen LogP contribution in [-0.2, 0) is 0 Å². The van der Waals surface area contributed by atoms with E-state index >= 15 is 0 Å². The topological polar surface area (TPSA) is 51.2 Å². The van der Waals surface area contributed by atoms with Gasteiger partial charge in [-0.05, 0) is 36.8 Å². The molecule has 72 valence electrons. The third kappa shape index (κ3) is 1.44. The van der Waals surface area contributed by atoms with Crippen molar-refractivity contribution < 1.29 is 5.11 Å². The van der Waals surface area contributed by atoms with Gasteiger partial charge < -0.3 is 15.4 Å². The molecular weight excluding hydrogens is 176 g/mol. The van der Waals surface area contributed by atoms with Gasteiger partial charge in [0.05, 0.1) is 6.20 Å². The summed E-state index contributed by atoms with van der Waals surface area (Å²) in [7, 11) is 0. The average Bonchev–Trinajstić information content (AvgIpc) is 2.51. The summed E-state index contributed by atoms with van der Waals surface area (Å²) in [6.07, 6.45) is 3.48. The van der Waals surface area contributed by atoms with E-state index < -0.39 is 0 Å². The quantitative estimate of drug-likeness (QED) is 0.673. The molecule has 0 unspecified atom stereocenters. The van der Waals surface area contributed by atoms with Crippen LogP contribution in [-0.4, -0.2) is 9.67 Å². The molecule has 3 N–H and O–H groups in total. The van der Waals surface area contributed by atoms with Crippen LogP contribution in [0.5, 0.6) is 5.75 Å². The number of hydrogen-bond donors (Lipinski definition) is 2. The molecule has 2 aromatic rings. The third-order valence-corrected chi connectivity index (χ3v) is 2.18. The molecule has 14 heavy (non-hydrogen) atoms. The van der Waals surface area contributed by atoms with Crippen molar-refractivity contribution in [2.24, 2.45) is 0 Å². The number of aryl methyl sites for hydroxylation is 1. The molecule has 0 radical (unpaired) electrons. The van der Waals surface area contributed by atoms with Gasteiger partial charge in [-0.1, -0.05) is 0 Å². The van der Waals surface area contributed by atoms with E-state index in [9.17, 15) is 5.11 Å². The lowest BCUT2D eigenvalue weighted by molar-refractivity contribution is 0.475. The number of rotatable bonds is 1. The highest BCUT2D eigenvalue weighted by atomic mass is 16.3. The van der Waals surface area contributed by atoms with Gasteiger partial charge in [-0.3, -0.25) is 0 Å². The fraction of sp³-hybridized carbons (Fsp3) is 0.0909. The van der Waals surface area contributed by atoms with Crippen LogP contribution in [0.15, 0.2) is 36.7 Å². The molecule has 0 saturated carbocycles. The highest BCUT2D eigenvalue weighted by Crippen LogP contribution is 2.19. The average molecular weight is 188 g/mol. The minimum atomic E-state index is 0.265. The molecular formula is C11H12N2O. The second-order valence-corrected chi connectivity index (χ2v) is 3.32. The van der Waals surface area contributed by atoms with Crippen LogP contribution in [0, 0.1) is 6.92 Å². The summed E-state index contributed by atoms with van der Waals surface area (Å²) in [6.45, 7) is 1.99. The van der Waals surface area contributed by atoms with E-state index in [0.717, 1.165) is 16.9 Å². The van der Waals surface area contributed by atoms with Crippen molar-refractivity contribution in [2.75, 3.05) is 5.73 Å². The predicted molar refractivity (Wildman–Crippen MR) is 56.6 cm³/mol. The van der Waals surface area contributed by atoms with Gasteiger partial charge >= 0.3 is 0 Å². The van der Waals surface area contributed by atoms with Crippen LogP contribution in [0.4, 0.5) is 5.69 Å². The summed E-state index contributed by atoms with van der Waals surface area (Å²) in [5.41, 5.74) is 8.52. The summed E-state index contributed by atoms with van der Waals surface area (Å²) < 4.78 is 1.87. The van der Waals surface area contributed by atoms with Gasteiger partial charge in [0.15, 0.2) is 0 Å². The van der Waals surface area contributed by atoms with Gasteiger partial charge in [-0.15, -0.1) is 0 Å². The number of hydrogen-bond acceptors (Lipinski definition) is 2. The van der Waals surface area contributed by atoms with E-state index in [2.05, 4.69) is 0 Å². The highest BCUT2D eigenvalue weighted by Gasteiger charge is 2.01. The zero-order valence-electron chi connectivity index (χ0n) is 7.94. The van der Waals surface area contributed by atoms with Crippen molar-refractivity contribution in [1.29, 1.82) is 0 Å². The molecule has 3 heteroatoms. The Kier molecular flexibility index (Phi) is 1.93. The summed E-state index contributed by atoms with van der Waals surface area (Å²) in [5, 5.41) is 9.21. The van der Waals surface area contributed by atoms with E-state index in [1.165, 1.54) is 0 Å². The van der Waals surface area contributed by atoms with Crippen LogP contribution < -0.4 is 5.73 Å². The number of anilines is 1. The summed E-state index contributed by atoms with van der Waals surface area (Å²) in [4.78, 5) is 0. The van der Waals surface area contributed by atoms with Crippen molar-refractivity contribution in [3.05, 3.63) is 42.2 Å². The van der Waals surface area contributed by atoms with Gasteiger partial charge in [0.1, 0.15) is 5.75 Å². The number of nitrogen functional groups attached to an aromatic ring is 1. The monoisotopic (exact) mass is 188 g/mol. The SMILES string of the molecule is Cc1cc(N)ccc1-n1ccc(O)c1. The van der Waals surface area contributed by atoms with Crippen LogP contribution in [0.3, 0.4) is 0 Å². The first-order chi connectivity index (χ1) is 6.66. The van der Waals surface area contributed by atoms with Gasteiger partial charge in [-0.2, -0.15) is 0 Å². The first-order valence-corrected chi connectivity index (χ1v) is 4.40. The molecule has 3 nitrogen and oxygen atoms in total. The van der Waals surface area contributed by atoms with E-state index in [4.69, 9.17) is 5.73 Å². The highest BCUT2D eigenvalue weighted by molar-refractivity contribution is 5.51. The number of nitrogens with zero attached hydrogens (tertiary/aromatic N) is 1. The molecule has 0 amide bonds. The standard InChI is InChI=1S/C11H12N2O/c1-8-6-9(12)2-3-11(8)13-5-4-10(14)7-13/h2-7,14H,12H2,1H3. The molecule has 0 aliphatic rings. The van der Waals surface area contributed by atoms with Crippen LogP contribution in [0.1, 0.15) is 5.56 Å². The normalized spacial score (nSPS) is 10.4. The number of aromatic nitrogens is 1. The Balaban J connectivity index is 2.52. The van der Waals surface area contributed by atoms with Gasteiger partial charge in [0.25, 0.3) is 0 Å². The van der Waals surface area contributed by atoms with Crippen molar-refractivity contribution in [2.45, 2.75) is 6.92 Å². The van der Waals surface area contributed by atoms with Gasteiger partial charge in [-0.25, -0.2) is 0 Å². The molecule has 0 atom stereocenters. The Labute approximate surface area is 82.4 Å². The zero-order chi connectivity index (χ0) is 10.1. The Hall–Kier alpha value is -1.90. The number of benzene rings is 1. The number of aromatic hydroxyl groups is 1. The molecule has 0 fully saturated rings. The summed E-state index contributed by atoms with van der Waals surface area (Å²) in [6, 6.07) is 7.34. The Morgan fingerprint density at radius 2 is 2.07 bits per heavy atom. The van der Waals surface area contributed by atoms with Crippen molar-refractivity contribution in [3.63, 3.8) is 0 Å². The van der Waals surface area contributed by atoms with Crippen LogP contribution in [0.25, 0.3) is 5.69 Å². The first-order valence-electron chi connectivity index (χ1n) is 4.40. The van der Waals surface area contributed by atoms with E-state index in [-0.39, 0.29) is 5.75 Å². The van der Waals surface area contributed by atoms with Crippen LogP contribution in [0.2, 0.25) is 0 Å². The van der Waals surface area contributed by atoms with Crippen molar-refractivity contribution >= 4 is 5.69 Å². The van der Waals surface area contributed by atoms with E-state index in [1.54, 1.807) is 12.3 Å². The summed E-state index contributed by atoms with van der Waals surface area (Å²) >= 11 is 0. The maximum Gasteiger partial charge on any atom is 0.133 e. The Morgan fingerprint density at radius 3 is 2.64 bits per heavy atom. The van der Waals surface area contributed by atoms with Crippen LogP contribution >= 0.6 is 0 Å². The first kappa shape index (κ1) is 8.69. The smallest absolute Gasteiger partial charge is 0.133 e. The van der Waals surface area contributed by atoms with Gasteiger partial charge in [0.2, 0.25) is 0 Å². The minimum absolute atomic E-state index is 0.265. The fourth-order valence-electron chi connectivity index (χ4n) is 1.50. The lowest BCUT2D eigenvalue weighted by Gasteiger charge is -2.07.